The quantitative estimate of drug-likeness (QED) is 0.339. The van der Waals surface area contributed by atoms with E-state index < -0.39 is 12.0 Å². The average Bonchev–Trinajstić information content (AvgIpc) is 2.62. The summed E-state index contributed by atoms with van der Waals surface area (Å²) in [5.41, 5.74) is 0. The average molecular weight is 354 g/mol. The van der Waals surface area contributed by atoms with Crippen molar-refractivity contribution in [2.75, 3.05) is 6.54 Å². The summed E-state index contributed by atoms with van der Waals surface area (Å²) >= 11 is 0. The third kappa shape index (κ3) is 7.14. The van der Waals surface area contributed by atoms with Gasteiger partial charge in [-0.2, -0.15) is 0 Å². The Bertz CT molecular complexity index is 433. The van der Waals surface area contributed by atoms with Crippen LogP contribution < -0.4 is 5.32 Å². The smallest absolute Gasteiger partial charge is 0.233 e. The number of nitrogens with one attached hydrogen (secondary N) is 1. The number of hydrogen-bond donors (Lipinski definition) is 2. The summed E-state index contributed by atoms with van der Waals surface area (Å²) in [4.78, 5) is 36.2. The first-order chi connectivity index (χ1) is 11.9. The van der Waals surface area contributed by atoms with E-state index in [2.05, 4.69) is 5.32 Å². The van der Waals surface area contributed by atoms with Gasteiger partial charge in [-0.15, -0.1) is 0 Å². The molecule has 2 N–H and O–H groups in total. The third-order valence-corrected chi connectivity index (χ3v) is 5.08. The molecule has 0 bridgehead atoms. The van der Waals surface area contributed by atoms with Crippen LogP contribution >= 0.6 is 0 Å². The van der Waals surface area contributed by atoms with Gasteiger partial charge in [-0.3, -0.25) is 19.6 Å². The maximum atomic E-state index is 12.9. The monoisotopic (exact) mass is 354 g/mol. The van der Waals surface area contributed by atoms with Gasteiger partial charge < -0.3 is 5.32 Å². The summed E-state index contributed by atoms with van der Waals surface area (Å²) in [6.45, 7) is 5.86. The number of hydroxylamine groups is 2. The lowest BCUT2D eigenvalue weighted by Gasteiger charge is -2.30. The Kier molecular flexibility index (Phi) is 9.71. The zero-order chi connectivity index (χ0) is 18.8. The van der Waals surface area contributed by atoms with E-state index in [1.54, 1.807) is 0 Å². The minimum atomic E-state index is -0.504. The Morgan fingerprint density at radius 1 is 1.24 bits per heavy atom. The molecule has 1 fully saturated rings. The predicted molar refractivity (Wildman–Crippen MR) is 95.9 cm³/mol. The molecule has 0 radical (unpaired) electrons. The van der Waals surface area contributed by atoms with Crippen LogP contribution in [0.2, 0.25) is 0 Å². The van der Waals surface area contributed by atoms with Crippen molar-refractivity contribution in [2.24, 2.45) is 17.8 Å². The fourth-order valence-electron chi connectivity index (χ4n) is 3.50. The van der Waals surface area contributed by atoms with Crippen LogP contribution in [0.5, 0.6) is 0 Å². The maximum absolute atomic E-state index is 12.9. The predicted octanol–water partition coefficient (Wildman–Crippen LogP) is 2.93. The van der Waals surface area contributed by atoms with Crippen LogP contribution in [-0.4, -0.2) is 41.0 Å². The molecule has 1 aliphatic carbocycles. The molecule has 0 aromatic rings. The SMILES string of the molecule is CCCC[C@H](CN(O)C=O)C(=O)N[C@H](C(=O)C1CCCCC1)C(C)C. The van der Waals surface area contributed by atoms with E-state index in [-0.39, 0.29) is 30.1 Å². The van der Waals surface area contributed by atoms with Crippen LogP contribution in [0.4, 0.5) is 0 Å². The highest BCUT2D eigenvalue weighted by atomic mass is 16.5. The minimum absolute atomic E-state index is 0.0153. The van der Waals surface area contributed by atoms with Gasteiger partial charge >= 0.3 is 0 Å². The zero-order valence-electron chi connectivity index (χ0n) is 15.9. The summed E-state index contributed by atoms with van der Waals surface area (Å²) in [7, 11) is 0. The van der Waals surface area contributed by atoms with Crippen molar-refractivity contribution in [1.29, 1.82) is 0 Å². The first-order valence-electron chi connectivity index (χ1n) is 9.65. The Morgan fingerprint density at radius 2 is 1.88 bits per heavy atom. The lowest BCUT2D eigenvalue weighted by Crippen LogP contribution is -2.50. The number of carbonyl (C=O) groups is 3. The Balaban J connectivity index is 2.76. The molecule has 25 heavy (non-hydrogen) atoms. The molecule has 1 rings (SSSR count). The van der Waals surface area contributed by atoms with Gasteiger partial charge in [-0.05, 0) is 25.2 Å². The summed E-state index contributed by atoms with van der Waals surface area (Å²) in [5, 5.41) is 12.9. The van der Waals surface area contributed by atoms with E-state index in [0.29, 0.717) is 17.9 Å². The van der Waals surface area contributed by atoms with E-state index >= 15 is 0 Å². The van der Waals surface area contributed by atoms with Gasteiger partial charge in [0.2, 0.25) is 12.3 Å². The van der Waals surface area contributed by atoms with E-state index in [1.165, 1.54) is 6.42 Å². The van der Waals surface area contributed by atoms with Gasteiger partial charge in [0.1, 0.15) is 0 Å². The minimum Gasteiger partial charge on any atom is -0.346 e. The van der Waals surface area contributed by atoms with Crippen molar-refractivity contribution in [3.8, 4) is 0 Å². The maximum Gasteiger partial charge on any atom is 0.233 e. The first-order valence-corrected chi connectivity index (χ1v) is 9.65. The normalized spacial score (nSPS) is 17.8. The molecule has 2 amide bonds. The standard InChI is InChI=1S/C19H34N2O4/c1-4-5-9-16(12-21(25)13-22)19(24)20-17(14(2)3)18(23)15-10-7-6-8-11-15/h13-17,25H,4-12H2,1-3H3,(H,20,24)/t16-,17+/m1/s1. The second-order valence-electron chi connectivity index (χ2n) is 7.53. The van der Waals surface area contributed by atoms with Crippen LogP contribution in [0.3, 0.4) is 0 Å². The van der Waals surface area contributed by atoms with Crippen molar-refractivity contribution < 1.29 is 19.6 Å². The highest BCUT2D eigenvalue weighted by Crippen LogP contribution is 2.27. The molecular formula is C19H34N2O4. The number of rotatable bonds is 11. The van der Waals surface area contributed by atoms with Crippen LogP contribution in [0.25, 0.3) is 0 Å². The molecule has 2 atom stereocenters. The van der Waals surface area contributed by atoms with Gasteiger partial charge in [0.15, 0.2) is 5.78 Å². The molecule has 1 aliphatic rings. The van der Waals surface area contributed by atoms with Crippen LogP contribution in [0.15, 0.2) is 0 Å². The molecule has 1 saturated carbocycles. The number of carbonyl (C=O) groups excluding carboxylic acids is 3. The van der Waals surface area contributed by atoms with E-state index in [1.807, 2.05) is 20.8 Å². The van der Waals surface area contributed by atoms with E-state index in [4.69, 9.17) is 0 Å². The second-order valence-corrected chi connectivity index (χ2v) is 7.53. The number of unbranched alkanes of at least 4 members (excludes halogenated alkanes) is 1. The molecule has 0 aromatic heterocycles. The fourth-order valence-corrected chi connectivity index (χ4v) is 3.50. The number of amides is 2. The van der Waals surface area contributed by atoms with Crippen molar-refractivity contribution in [2.45, 2.75) is 78.2 Å². The molecule has 0 heterocycles. The second kappa shape index (κ2) is 11.2. The Labute approximate surface area is 151 Å². The van der Waals surface area contributed by atoms with E-state index in [9.17, 15) is 19.6 Å². The lowest BCUT2D eigenvalue weighted by atomic mass is 9.81. The third-order valence-electron chi connectivity index (χ3n) is 5.08. The summed E-state index contributed by atoms with van der Waals surface area (Å²) in [6, 6.07) is -0.497. The van der Waals surface area contributed by atoms with Crippen molar-refractivity contribution in [3.63, 3.8) is 0 Å². The topological polar surface area (TPSA) is 86.7 Å². The van der Waals surface area contributed by atoms with Crippen molar-refractivity contribution in [3.05, 3.63) is 0 Å². The first kappa shape index (κ1) is 21.6. The molecule has 0 saturated heterocycles. The highest BCUT2D eigenvalue weighted by Gasteiger charge is 2.33. The van der Waals surface area contributed by atoms with Gasteiger partial charge in [0, 0.05) is 5.92 Å². The number of Topliss-reactive ketones (excluding diaryl/α,β-unsaturated/α-hetero) is 1. The summed E-state index contributed by atoms with van der Waals surface area (Å²) < 4.78 is 0. The lowest BCUT2D eigenvalue weighted by molar-refractivity contribution is -0.155. The molecule has 144 valence electrons. The molecule has 6 heteroatoms. The van der Waals surface area contributed by atoms with Gasteiger partial charge in [-0.25, -0.2) is 5.06 Å². The van der Waals surface area contributed by atoms with E-state index in [0.717, 1.165) is 38.5 Å². The van der Waals surface area contributed by atoms with Gasteiger partial charge in [0.25, 0.3) is 0 Å². The van der Waals surface area contributed by atoms with Gasteiger partial charge in [-0.1, -0.05) is 52.9 Å². The molecule has 0 aromatic carbocycles. The Hall–Kier alpha value is -1.43. The molecule has 0 aliphatic heterocycles. The molecule has 0 unspecified atom stereocenters. The number of ketones is 1. The summed E-state index contributed by atoms with van der Waals surface area (Å²) in [6.07, 6.45) is 7.78. The van der Waals surface area contributed by atoms with Crippen LogP contribution in [0, 0.1) is 17.8 Å². The van der Waals surface area contributed by atoms with Crippen LogP contribution in [-0.2, 0) is 14.4 Å². The van der Waals surface area contributed by atoms with Crippen LogP contribution in [0.1, 0.15) is 72.1 Å². The Morgan fingerprint density at radius 3 is 2.40 bits per heavy atom. The molecule has 0 spiro atoms. The van der Waals surface area contributed by atoms with Crippen molar-refractivity contribution >= 4 is 18.1 Å². The number of nitrogens with zero attached hydrogens (tertiary/aromatic N) is 1. The number of hydrogen-bond acceptors (Lipinski definition) is 4. The van der Waals surface area contributed by atoms with Gasteiger partial charge in [0.05, 0.1) is 18.5 Å². The van der Waals surface area contributed by atoms with Crippen molar-refractivity contribution in [1.82, 2.24) is 10.4 Å². The largest absolute Gasteiger partial charge is 0.346 e. The molecular weight excluding hydrogens is 320 g/mol. The molecule has 6 nitrogen and oxygen atoms in total. The zero-order valence-corrected chi connectivity index (χ0v) is 15.9. The highest BCUT2D eigenvalue weighted by molar-refractivity contribution is 5.91. The summed E-state index contributed by atoms with van der Waals surface area (Å²) in [5.74, 6) is -0.567. The fraction of sp³-hybridized carbons (Fsp3) is 0.842.